The second-order valence-electron chi connectivity index (χ2n) is 5.81. The van der Waals surface area contributed by atoms with Crippen molar-refractivity contribution in [2.75, 3.05) is 20.8 Å². The van der Waals surface area contributed by atoms with Crippen LogP contribution in [0.4, 0.5) is 0 Å². The fourth-order valence-corrected chi connectivity index (χ4v) is 3.47. The van der Waals surface area contributed by atoms with E-state index in [0.717, 1.165) is 18.8 Å². The van der Waals surface area contributed by atoms with E-state index in [2.05, 4.69) is 48.6 Å². The van der Waals surface area contributed by atoms with Crippen molar-refractivity contribution in [1.82, 2.24) is 5.32 Å². The molecule has 112 valence electrons. The average Bonchev–Trinajstić information content (AvgIpc) is 2.94. The topological polar surface area (TPSA) is 30.5 Å². The highest BCUT2D eigenvalue weighted by atomic mass is 16.5. The molecule has 0 radical (unpaired) electrons. The second kappa shape index (κ2) is 6.04. The number of rotatable bonds is 4. The molecule has 3 rings (SSSR count). The summed E-state index contributed by atoms with van der Waals surface area (Å²) in [7, 11) is 3.76. The zero-order valence-corrected chi connectivity index (χ0v) is 12.9. The predicted molar refractivity (Wildman–Crippen MR) is 85.8 cm³/mol. The first-order valence-electron chi connectivity index (χ1n) is 7.59. The zero-order valence-electron chi connectivity index (χ0n) is 12.9. The highest BCUT2D eigenvalue weighted by Crippen LogP contribution is 2.37. The van der Waals surface area contributed by atoms with E-state index in [1.54, 1.807) is 7.11 Å². The van der Waals surface area contributed by atoms with Crippen LogP contribution in [0.3, 0.4) is 0 Å². The van der Waals surface area contributed by atoms with Gasteiger partial charge in [-0.15, -0.1) is 0 Å². The number of hydrogen-bond donors (Lipinski definition) is 1. The van der Waals surface area contributed by atoms with Crippen molar-refractivity contribution in [3.05, 3.63) is 42.0 Å². The molecule has 3 heteroatoms. The van der Waals surface area contributed by atoms with Crippen molar-refractivity contribution in [3.63, 3.8) is 0 Å². The third-order valence-electron chi connectivity index (χ3n) is 4.48. The monoisotopic (exact) mass is 285 g/mol. The van der Waals surface area contributed by atoms with Gasteiger partial charge in [0.2, 0.25) is 0 Å². The SMILES string of the molecule is CNC(c1ccc(OC)c2ccccc12)C1COC(C)C1. The quantitative estimate of drug-likeness (QED) is 0.932. The van der Waals surface area contributed by atoms with Crippen LogP contribution in [-0.2, 0) is 4.74 Å². The van der Waals surface area contributed by atoms with Crippen molar-refractivity contribution in [2.45, 2.75) is 25.5 Å². The molecule has 3 nitrogen and oxygen atoms in total. The van der Waals surface area contributed by atoms with Crippen LogP contribution in [-0.4, -0.2) is 26.9 Å². The zero-order chi connectivity index (χ0) is 14.8. The van der Waals surface area contributed by atoms with Crippen LogP contribution >= 0.6 is 0 Å². The summed E-state index contributed by atoms with van der Waals surface area (Å²) >= 11 is 0. The van der Waals surface area contributed by atoms with Gasteiger partial charge in [0.1, 0.15) is 5.75 Å². The lowest BCUT2D eigenvalue weighted by Crippen LogP contribution is -2.26. The minimum absolute atomic E-state index is 0.311. The third-order valence-corrected chi connectivity index (χ3v) is 4.48. The lowest BCUT2D eigenvalue weighted by Gasteiger charge is -2.24. The maximum Gasteiger partial charge on any atom is 0.126 e. The largest absolute Gasteiger partial charge is 0.496 e. The molecule has 0 spiro atoms. The first-order valence-corrected chi connectivity index (χ1v) is 7.59. The van der Waals surface area contributed by atoms with Gasteiger partial charge in [-0.3, -0.25) is 0 Å². The van der Waals surface area contributed by atoms with Crippen LogP contribution < -0.4 is 10.1 Å². The molecule has 3 atom stereocenters. The molecule has 0 saturated carbocycles. The average molecular weight is 285 g/mol. The van der Waals surface area contributed by atoms with E-state index in [0.29, 0.717) is 18.1 Å². The third kappa shape index (κ3) is 2.63. The summed E-state index contributed by atoms with van der Waals surface area (Å²) in [5.74, 6) is 1.45. The van der Waals surface area contributed by atoms with Crippen LogP contribution in [0.25, 0.3) is 10.8 Å². The molecule has 1 heterocycles. The molecule has 2 aromatic carbocycles. The summed E-state index contributed by atoms with van der Waals surface area (Å²) in [5, 5.41) is 5.92. The van der Waals surface area contributed by atoms with E-state index in [9.17, 15) is 0 Å². The maximum absolute atomic E-state index is 5.76. The second-order valence-corrected chi connectivity index (χ2v) is 5.81. The molecule has 0 amide bonds. The Hall–Kier alpha value is -1.58. The van der Waals surface area contributed by atoms with E-state index in [1.807, 2.05) is 7.05 Å². The minimum Gasteiger partial charge on any atom is -0.496 e. The van der Waals surface area contributed by atoms with Gasteiger partial charge >= 0.3 is 0 Å². The molecular formula is C18H23NO2. The van der Waals surface area contributed by atoms with Gasteiger partial charge in [-0.1, -0.05) is 30.3 Å². The lowest BCUT2D eigenvalue weighted by molar-refractivity contribution is 0.117. The van der Waals surface area contributed by atoms with Crippen LogP contribution in [0.5, 0.6) is 5.75 Å². The molecule has 1 aliphatic heterocycles. The van der Waals surface area contributed by atoms with Crippen molar-refractivity contribution >= 4 is 10.8 Å². The van der Waals surface area contributed by atoms with Gasteiger partial charge in [-0.05, 0) is 37.4 Å². The Morgan fingerprint density at radius 2 is 1.95 bits per heavy atom. The highest BCUT2D eigenvalue weighted by Gasteiger charge is 2.30. The van der Waals surface area contributed by atoms with Crippen molar-refractivity contribution in [2.24, 2.45) is 5.92 Å². The molecule has 2 aromatic rings. The number of nitrogens with one attached hydrogen (secondary N) is 1. The van der Waals surface area contributed by atoms with E-state index in [-0.39, 0.29) is 0 Å². The lowest BCUT2D eigenvalue weighted by atomic mass is 9.88. The van der Waals surface area contributed by atoms with Crippen molar-refractivity contribution in [1.29, 1.82) is 0 Å². The van der Waals surface area contributed by atoms with Gasteiger partial charge in [0.15, 0.2) is 0 Å². The number of fused-ring (bicyclic) bond motifs is 1. The van der Waals surface area contributed by atoms with Gasteiger partial charge in [0.25, 0.3) is 0 Å². The summed E-state index contributed by atoms with van der Waals surface area (Å²) in [6, 6.07) is 13.0. The van der Waals surface area contributed by atoms with E-state index < -0.39 is 0 Å². The summed E-state index contributed by atoms with van der Waals surface area (Å²) in [4.78, 5) is 0. The smallest absolute Gasteiger partial charge is 0.126 e. The molecule has 1 fully saturated rings. The molecule has 1 saturated heterocycles. The number of hydrogen-bond acceptors (Lipinski definition) is 3. The maximum atomic E-state index is 5.76. The predicted octanol–water partition coefficient (Wildman–Crippen LogP) is 3.53. The number of benzene rings is 2. The Bertz CT molecular complexity index is 626. The number of ether oxygens (including phenoxy) is 2. The molecular weight excluding hydrogens is 262 g/mol. The fourth-order valence-electron chi connectivity index (χ4n) is 3.47. The fraction of sp³-hybridized carbons (Fsp3) is 0.444. The van der Waals surface area contributed by atoms with Gasteiger partial charge < -0.3 is 14.8 Å². The molecule has 1 N–H and O–H groups in total. The summed E-state index contributed by atoms with van der Waals surface area (Å²) in [6.07, 6.45) is 1.46. The first kappa shape index (κ1) is 14.4. The molecule has 3 unspecified atom stereocenters. The van der Waals surface area contributed by atoms with E-state index in [1.165, 1.54) is 16.3 Å². The van der Waals surface area contributed by atoms with E-state index >= 15 is 0 Å². The van der Waals surface area contributed by atoms with E-state index in [4.69, 9.17) is 9.47 Å². The van der Waals surface area contributed by atoms with Gasteiger partial charge in [-0.25, -0.2) is 0 Å². The van der Waals surface area contributed by atoms with Gasteiger partial charge in [0, 0.05) is 17.3 Å². The summed E-state index contributed by atoms with van der Waals surface area (Å²) in [5.41, 5.74) is 1.33. The minimum atomic E-state index is 0.311. The molecule has 0 bridgehead atoms. The Morgan fingerprint density at radius 3 is 2.57 bits per heavy atom. The molecule has 21 heavy (non-hydrogen) atoms. The van der Waals surface area contributed by atoms with Crippen molar-refractivity contribution < 1.29 is 9.47 Å². The Morgan fingerprint density at radius 1 is 1.19 bits per heavy atom. The summed E-state index contributed by atoms with van der Waals surface area (Å²) < 4.78 is 11.3. The molecule has 0 aromatic heterocycles. The molecule has 1 aliphatic rings. The molecule has 0 aliphatic carbocycles. The Kier molecular flexibility index (Phi) is 4.13. The highest BCUT2D eigenvalue weighted by molar-refractivity contribution is 5.91. The standard InChI is InChI=1S/C18H23NO2/c1-12-10-13(11-21-12)18(19-2)16-8-9-17(20-3)15-7-5-4-6-14(15)16/h4-9,12-13,18-19H,10-11H2,1-3H3. The van der Waals surface area contributed by atoms with Gasteiger partial charge in [0.05, 0.1) is 19.8 Å². The number of methoxy groups -OCH3 is 1. The Balaban J connectivity index is 2.06. The van der Waals surface area contributed by atoms with Crippen LogP contribution in [0.15, 0.2) is 36.4 Å². The van der Waals surface area contributed by atoms with Crippen LogP contribution in [0.2, 0.25) is 0 Å². The van der Waals surface area contributed by atoms with Gasteiger partial charge in [-0.2, -0.15) is 0 Å². The van der Waals surface area contributed by atoms with Crippen LogP contribution in [0.1, 0.15) is 24.9 Å². The Labute approximate surface area is 126 Å². The normalized spacial score (nSPS) is 23.4. The summed E-state index contributed by atoms with van der Waals surface area (Å²) in [6.45, 7) is 2.98. The van der Waals surface area contributed by atoms with Crippen LogP contribution in [0, 0.1) is 5.92 Å². The first-order chi connectivity index (χ1) is 10.2. The van der Waals surface area contributed by atoms with Crippen molar-refractivity contribution in [3.8, 4) is 5.75 Å².